The number of carbonyl (C=O) groups excluding carboxylic acids is 1. The molecule has 0 aliphatic carbocycles. The van der Waals surface area contributed by atoms with E-state index in [1.165, 1.54) is 11.3 Å². The smallest absolute Gasteiger partial charge is 0.303 e. The van der Waals surface area contributed by atoms with Gasteiger partial charge in [-0.25, -0.2) is 9.97 Å². The average molecular weight is 430 g/mol. The van der Waals surface area contributed by atoms with Gasteiger partial charge >= 0.3 is 5.97 Å². The number of hydrogen-bond acceptors (Lipinski definition) is 10. The molecule has 158 valence electrons. The topological polar surface area (TPSA) is 182 Å². The zero-order valence-electron chi connectivity index (χ0n) is 16.3. The minimum Gasteiger partial charge on any atom is -0.481 e. The second kappa shape index (κ2) is 9.31. The standard InChI is InChI=1S/C18H22N8O3S/c1-21-12-9(8-30-14(12)17(29)22-5-3-2-4-11(27)28)6-10-7-23-16-13(24-10)15(19)25-18(20)26-16/h7-8,21H,2-6H2,1H3,(H,22,29)(H,27,28)(H4,19,20,23,25,26). The minimum atomic E-state index is -0.838. The highest BCUT2D eigenvalue weighted by Crippen LogP contribution is 2.30. The first-order chi connectivity index (χ1) is 14.4. The molecule has 3 aromatic rings. The molecule has 0 aliphatic rings. The van der Waals surface area contributed by atoms with Crippen LogP contribution in [0.25, 0.3) is 11.2 Å². The first kappa shape index (κ1) is 21.2. The first-order valence-corrected chi connectivity index (χ1v) is 10.1. The van der Waals surface area contributed by atoms with E-state index in [0.717, 1.165) is 5.56 Å². The molecule has 0 saturated heterocycles. The molecule has 0 saturated carbocycles. The Morgan fingerprint density at radius 3 is 2.73 bits per heavy atom. The summed E-state index contributed by atoms with van der Waals surface area (Å²) in [6.45, 7) is 0.418. The van der Waals surface area contributed by atoms with Crippen LogP contribution in [-0.2, 0) is 11.2 Å². The maximum Gasteiger partial charge on any atom is 0.303 e. The molecule has 0 spiro atoms. The molecule has 3 heterocycles. The predicted octanol–water partition coefficient (Wildman–Crippen LogP) is 1.26. The van der Waals surface area contributed by atoms with Crippen molar-refractivity contribution in [2.24, 2.45) is 0 Å². The molecule has 0 aliphatic heterocycles. The number of carbonyl (C=O) groups is 2. The summed E-state index contributed by atoms with van der Waals surface area (Å²) in [6, 6.07) is 0. The van der Waals surface area contributed by atoms with E-state index in [-0.39, 0.29) is 24.1 Å². The summed E-state index contributed by atoms with van der Waals surface area (Å²) in [6.07, 6.45) is 3.24. The number of carboxylic acid groups (broad SMARTS) is 1. The van der Waals surface area contributed by atoms with Crippen LogP contribution >= 0.6 is 11.3 Å². The highest BCUT2D eigenvalue weighted by Gasteiger charge is 2.18. The van der Waals surface area contributed by atoms with Crippen LogP contribution in [0.1, 0.15) is 40.2 Å². The highest BCUT2D eigenvalue weighted by molar-refractivity contribution is 7.12. The SMILES string of the molecule is CNc1c(Cc2cnc3nc(N)nc(N)c3n2)csc1C(=O)NCCCCC(=O)O. The van der Waals surface area contributed by atoms with E-state index in [4.69, 9.17) is 16.6 Å². The normalized spacial score (nSPS) is 10.8. The van der Waals surface area contributed by atoms with Gasteiger partial charge in [-0.1, -0.05) is 0 Å². The van der Waals surface area contributed by atoms with Gasteiger partial charge in [0.25, 0.3) is 5.91 Å². The first-order valence-electron chi connectivity index (χ1n) is 9.21. The number of fused-ring (bicyclic) bond motifs is 1. The fourth-order valence-electron chi connectivity index (χ4n) is 2.91. The molecule has 0 atom stereocenters. The Morgan fingerprint density at radius 2 is 2.00 bits per heavy atom. The second-order valence-electron chi connectivity index (χ2n) is 6.50. The van der Waals surface area contributed by atoms with E-state index >= 15 is 0 Å². The number of nitrogen functional groups attached to an aromatic ring is 2. The number of nitrogens with zero attached hydrogens (tertiary/aromatic N) is 4. The van der Waals surface area contributed by atoms with Gasteiger partial charge in [-0.05, 0) is 23.8 Å². The molecule has 0 fully saturated rings. The third kappa shape index (κ3) is 4.89. The van der Waals surface area contributed by atoms with Gasteiger partial charge in [0.1, 0.15) is 4.88 Å². The third-order valence-corrected chi connectivity index (χ3v) is 5.33. The second-order valence-corrected chi connectivity index (χ2v) is 7.38. The molecule has 12 heteroatoms. The molecule has 7 N–H and O–H groups in total. The Kier molecular flexibility index (Phi) is 6.57. The Hall–Kier alpha value is -3.54. The molecule has 3 aromatic heterocycles. The third-order valence-electron chi connectivity index (χ3n) is 4.30. The van der Waals surface area contributed by atoms with Crippen LogP contribution in [0.3, 0.4) is 0 Å². The lowest BCUT2D eigenvalue weighted by Gasteiger charge is -2.08. The van der Waals surface area contributed by atoms with Gasteiger partial charge in [0.05, 0.1) is 17.6 Å². The summed E-state index contributed by atoms with van der Waals surface area (Å²) in [5, 5.41) is 16.4. The Bertz CT molecular complexity index is 1080. The van der Waals surface area contributed by atoms with Crippen LogP contribution in [0.2, 0.25) is 0 Å². The van der Waals surface area contributed by atoms with Crippen LogP contribution in [0, 0.1) is 0 Å². The lowest BCUT2D eigenvalue weighted by atomic mass is 10.1. The van der Waals surface area contributed by atoms with Gasteiger partial charge in [-0.3, -0.25) is 9.59 Å². The average Bonchev–Trinajstić information content (AvgIpc) is 3.10. The summed E-state index contributed by atoms with van der Waals surface area (Å²) < 4.78 is 0. The summed E-state index contributed by atoms with van der Waals surface area (Å²) in [5.74, 6) is -0.844. The van der Waals surface area contributed by atoms with Crippen LogP contribution < -0.4 is 22.1 Å². The molecule has 11 nitrogen and oxygen atoms in total. The number of thiophene rings is 1. The van der Waals surface area contributed by atoms with Crippen molar-refractivity contribution in [3.8, 4) is 0 Å². The van der Waals surface area contributed by atoms with E-state index in [2.05, 4.69) is 30.6 Å². The van der Waals surface area contributed by atoms with E-state index in [9.17, 15) is 9.59 Å². The number of hydrogen-bond donors (Lipinski definition) is 5. The van der Waals surface area contributed by atoms with Crippen molar-refractivity contribution in [2.45, 2.75) is 25.7 Å². The van der Waals surface area contributed by atoms with E-state index in [0.29, 0.717) is 53.2 Å². The van der Waals surface area contributed by atoms with Crippen LogP contribution in [-0.4, -0.2) is 50.5 Å². The number of anilines is 3. The lowest BCUT2D eigenvalue weighted by molar-refractivity contribution is -0.137. The van der Waals surface area contributed by atoms with Gasteiger partial charge in [0.2, 0.25) is 5.95 Å². The van der Waals surface area contributed by atoms with E-state index in [1.807, 2.05) is 5.38 Å². The number of aromatic nitrogens is 4. The van der Waals surface area contributed by atoms with Crippen molar-refractivity contribution in [3.05, 3.63) is 27.7 Å². The van der Waals surface area contributed by atoms with Gasteiger partial charge in [-0.15, -0.1) is 11.3 Å². The summed E-state index contributed by atoms with van der Waals surface area (Å²) >= 11 is 1.32. The maximum atomic E-state index is 12.5. The quantitative estimate of drug-likeness (QED) is 0.310. The largest absolute Gasteiger partial charge is 0.481 e. The van der Waals surface area contributed by atoms with Crippen molar-refractivity contribution in [1.29, 1.82) is 0 Å². The van der Waals surface area contributed by atoms with Crippen molar-refractivity contribution in [3.63, 3.8) is 0 Å². The summed E-state index contributed by atoms with van der Waals surface area (Å²) in [4.78, 5) is 40.3. The van der Waals surface area contributed by atoms with Crippen molar-refractivity contribution in [2.75, 3.05) is 30.4 Å². The maximum absolute atomic E-state index is 12.5. The molecule has 3 rings (SSSR count). The molecule has 0 radical (unpaired) electrons. The zero-order chi connectivity index (χ0) is 21.7. The Balaban J connectivity index is 1.72. The van der Waals surface area contributed by atoms with Gasteiger partial charge in [0, 0.05) is 26.4 Å². The fourth-order valence-corrected chi connectivity index (χ4v) is 3.90. The number of nitrogens with two attached hydrogens (primary N) is 2. The van der Waals surface area contributed by atoms with Crippen LogP contribution in [0.5, 0.6) is 0 Å². The lowest BCUT2D eigenvalue weighted by Crippen LogP contribution is -2.24. The van der Waals surface area contributed by atoms with Crippen molar-refractivity contribution >= 4 is 51.8 Å². The molecular weight excluding hydrogens is 408 g/mol. The van der Waals surface area contributed by atoms with Gasteiger partial charge in [0.15, 0.2) is 17.0 Å². The minimum absolute atomic E-state index is 0.0379. The monoisotopic (exact) mass is 430 g/mol. The Labute approximate surface area is 176 Å². The van der Waals surface area contributed by atoms with Crippen molar-refractivity contribution < 1.29 is 14.7 Å². The van der Waals surface area contributed by atoms with Gasteiger partial charge in [-0.2, -0.15) is 9.97 Å². The summed E-state index contributed by atoms with van der Waals surface area (Å²) in [5.41, 5.74) is 14.4. The number of unbranched alkanes of at least 4 members (excludes halogenated alkanes) is 1. The molecule has 0 aromatic carbocycles. The predicted molar refractivity (Wildman–Crippen MR) is 114 cm³/mol. The number of amides is 1. The molecule has 30 heavy (non-hydrogen) atoms. The number of aliphatic carboxylic acids is 1. The fraction of sp³-hybridized carbons (Fsp3) is 0.333. The number of nitrogens with one attached hydrogen (secondary N) is 2. The molecular formula is C18H22N8O3S. The summed E-state index contributed by atoms with van der Waals surface area (Å²) in [7, 11) is 1.75. The van der Waals surface area contributed by atoms with Crippen molar-refractivity contribution in [1.82, 2.24) is 25.3 Å². The molecule has 0 bridgehead atoms. The molecule has 1 amide bonds. The molecule has 0 unspecified atom stereocenters. The van der Waals surface area contributed by atoms with Crippen LogP contribution in [0.15, 0.2) is 11.6 Å². The van der Waals surface area contributed by atoms with E-state index in [1.54, 1.807) is 13.2 Å². The zero-order valence-corrected chi connectivity index (χ0v) is 17.1. The Morgan fingerprint density at radius 1 is 1.20 bits per heavy atom. The van der Waals surface area contributed by atoms with Crippen LogP contribution in [0.4, 0.5) is 17.5 Å². The number of carboxylic acids is 1. The van der Waals surface area contributed by atoms with Gasteiger partial charge < -0.3 is 27.2 Å². The van der Waals surface area contributed by atoms with E-state index < -0.39 is 5.97 Å². The number of rotatable bonds is 9. The highest BCUT2D eigenvalue weighted by atomic mass is 32.1.